The average molecular weight is 618 g/mol. The lowest BCUT2D eigenvalue weighted by Crippen LogP contribution is -2.54. The van der Waals surface area contributed by atoms with Gasteiger partial charge in [0.2, 0.25) is 5.91 Å². The van der Waals surface area contributed by atoms with Crippen LogP contribution in [0.25, 0.3) is 16.6 Å². The molecule has 45 heavy (non-hydrogen) atoms. The van der Waals surface area contributed by atoms with Crippen molar-refractivity contribution in [2.24, 2.45) is 5.92 Å². The largest absolute Gasteiger partial charge is 0.444 e. The molecule has 2 aliphatic heterocycles. The molecule has 0 N–H and O–H groups in total. The first-order chi connectivity index (χ1) is 21.4. The maximum Gasteiger partial charge on any atom is 0.411 e. The Morgan fingerprint density at radius 1 is 1.11 bits per heavy atom. The number of rotatable bonds is 6. The first-order valence-electron chi connectivity index (χ1n) is 16.2. The van der Waals surface area contributed by atoms with Crippen LogP contribution in [-0.4, -0.2) is 85.4 Å². The summed E-state index contributed by atoms with van der Waals surface area (Å²) >= 11 is 0. The molecule has 9 nitrogen and oxygen atoms in total. The van der Waals surface area contributed by atoms with Gasteiger partial charge in [0.15, 0.2) is 0 Å². The minimum atomic E-state index is -0.631. The molecule has 1 aromatic carbocycles. The highest BCUT2D eigenvalue weighted by Crippen LogP contribution is 2.44. The summed E-state index contributed by atoms with van der Waals surface area (Å²) in [5, 5.41) is 0. The van der Waals surface area contributed by atoms with Crippen molar-refractivity contribution in [1.29, 1.82) is 0 Å². The summed E-state index contributed by atoms with van der Waals surface area (Å²) in [7, 11) is 0. The summed E-state index contributed by atoms with van der Waals surface area (Å²) in [5.74, 6) is -0.475. The quantitative estimate of drug-likeness (QED) is 0.333. The van der Waals surface area contributed by atoms with Crippen molar-refractivity contribution in [2.45, 2.75) is 96.9 Å². The number of piperidine rings is 1. The third-order valence-corrected chi connectivity index (χ3v) is 9.68. The Labute approximate surface area is 264 Å². The Morgan fingerprint density at radius 3 is 2.60 bits per heavy atom. The molecule has 10 heteroatoms. The number of amides is 3. The molecule has 6 rings (SSSR count). The van der Waals surface area contributed by atoms with Crippen LogP contribution in [0.5, 0.6) is 0 Å². The number of halogens is 1. The topological polar surface area (TPSA) is 87.5 Å². The van der Waals surface area contributed by atoms with E-state index in [1.54, 1.807) is 28.4 Å². The number of ether oxygens (including phenoxy) is 1. The van der Waals surface area contributed by atoms with Gasteiger partial charge in [0.25, 0.3) is 5.91 Å². The number of hydrogen-bond donors (Lipinski definition) is 0. The van der Waals surface area contributed by atoms with Gasteiger partial charge in [-0.15, -0.1) is 0 Å². The van der Waals surface area contributed by atoms with E-state index in [1.807, 2.05) is 57.0 Å². The average Bonchev–Trinajstić information content (AvgIpc) is 3.79. The number of aromatic nitrogens is 2. The zero-order valence-corrected chi connectivity index (χ0v) is 27.1. The van der Waals surface area contributed by atoms with Crippen LogP contribution < -0.4 is 0 Å². The van der Waals surface area contributed by atoms with Gasteiger partial charge in [-0.2, -0.15) is 0 Å². The summed E-state index contributed by atoms with van der Waals surface area (Å²) in [5.41, 5.74) is 2.95. The Hall–Kier alpha value is -3.95. The second-order valence-corrected chi connectivity index (χ2v) is 14.1. The van der Waals surface area contributed by atoms with Crippen molar-refractivity contribution in [3.63, 3.8) is 0 Å². The van der Waals surface area contributed by atoms with E-state index in [-0.39, 0.29) is 35.7 Å². The minimum absolute atomic E-state index is 0.000693. The number of nitrogens with zero attached hydrogens (tertiary/aromatic N) is 5. The number of likely N-dealkylation sites (tertiary alicyclic amines) is 2. The van der Waals surface area contributed by atoms with Crippen LogP contribution in [-0.2, 0) is 9.53 Å². The summed E-state index contributed by atoms with van der Waals surface area (Å²) in [4.78, 5) is 50.6. The van der Waals surface area contributed by atoms with Gasteiger partial charge in [-0.05, 0) is 102 Å². The lowest BCUT2D eigenvalue weighted by atomic mass is 9.93. The standard InChI is InChI=1S/C35H44FN5O4/c1-7-40(21(2)3)32(42)29-16-25(36)9-11-27(29)28-15-24(19-39-20-37-17-30(28)39)23-12-13-38(18-23)33(43)31-22-8-10-26(14-22)41(31)34(44)45-35(4,5)6/h9,11,15-17,19-23,26,31H,7-8,10,12-14,18H2,1-6H3/t22-,23?,26+,31-/m0/s1. The molecular weight excluding hydrogens is 573 g/mol. The predicted octanol–water partition coefficient (Wildman–Crippen LogP) is 6.11. The molecule has 2 saturated heterocycles. The molecule has 3 aliphatic rings. The second-order valence-electron chi connectivity index (χ2n) is 14.1. The molecule has 4 heterocycles. The zero-order chi connectivity index (χ0) is 32.2. The van der Waals surface area contributed by atoms with E-state index in [2.05, 4.69) is 11.1 Å². The number of fused-ring (bicyclic) bond motifs is 3. The molecule has 3 fully saturated rings. The molecule has 2 aromatic heterocycles. The van der Waals surface area contributed by atoms with Crippen molar-refractivity contribution in [1.82, 2.24) is 24.1 Å². The maximum absolute atomic E-state index is 14.6. The Balaban J connectivity index is 1.29. The zero-order valence-electron chi connectivity index (χ0n) is 27.1. The SMILES string of the molecule is CCN(C(=O)c1cc(F)ccc1-c1cc(C2CCN(C(=O)[C@@H]3[C@H]4CC[C@H](C4)N3C(=O)OC(C)(C)C)C2)cn2cncc12)C(C)C. The minimum Gasteiger partial charge on any atom is -0.444 e. The van der Waals surface area contributed by atoms with Crippen molar-refractivity contribution in [3.8, 4) is 11.1 Å². The Morgan fingerprint density at radius 2 is 1.89 bits per heavy atom. The van der Waals surface area contributed by atoms with Crippen molar-refractivity contribution < 1.29 is 23.5 Å². The molecule has 1 saturated carbocycles. The van der Waals surface area contributed by atoms with Gasteiger partial charge >= 0.3 is 6.09 Å². The summed E-state index contributed by atoms with van der Waals surface area (Å²) < 4.78 is 22.2. The van der Waals surface area contributed by atoms with Gasteiger partial charge < -0.3 is 18.9 Å². The van der Waals surface area contributed by atoms with Crippen LogP contribution in [0, 0.1) is 11.7 Å². The number of pyridine rings is 1. The maximum atomic E-state index is 14.6. The lowest BCUT2D eigenvalue weighted by molar-refractivity contribution is -0.137. The molecule has 240 valence electrons. The Kier molecular flexibility index (Phi) is 8.12. The molecule has 0 spiro atoms. The van der Waals surface area contributed by atoms with Crippen LogP contribution >= 0.6 is 0 Å². The van der Waals surface area contributed by atoms with Gasteiger partial charge in [0, 0.05) is 49.4 Å². The number of carbonyl (C=O) groups is 3. The fraction of sp³-hybridized carbons (Fsp3) is 0.543. The van der Waals surface area contributed by atoms with Gasteiger partial charge in [-0.25, -0.2) is 14.2 Å². The Bertz CT molecular complexity index is 1630. The van der Waals surface area contributed by atoms with Crippen LogP contribution in [0.15, 0.2) is 43.0 Å². The first-order valence-corrected chi connectivity index (χ1v) is 16.2. The van der Waals surface area contributed by atoms with Gasteiger partial charge in [-0.1, -0.05) is 6.07 Å². The first kappa shape index (κ1) is 31.0. The molecule has 3 amide bonds. The summed E-state index contributed by atoms with van der Waals surface area (Å²) in [6, 6.07) is 5.98. The van der Waals surface area contributed by atoms with Crippen LogP contribution in [0.4, 0.5) is 9.18 Å². The van der Waals surface area contributed by atoms with Crippen molar-refractivity contribution >= 4 is 23.4 Å². The smallest absolute Gasteiger partial charge is 0.411 e. The normalized spacial score (nSPS) is 22.9. The number of imidazole rings is 1. The second kappa shape index (κ2) is 11.8. The summed E-state index contributed by atoms with van der Waals surface area (Å²) in [6.45, 7) is 13.0. The van der Waals surface area contributed by atoms with Gasteiger partial charge in [-0.3, -0.25) is 14.5 Å². The third-order valence-electron chi connectivity index (χ3n) is 9.68. The van der Waals surface area contributed by atoms with E-state index in [0.717, 1.165) is 42.3 Å². The molecule has 1 aliphatic carbocycles. The van der Waals surface area contributed by atoms with E-state index in [9.17, 15) is 18.8 Å². The van der Waals surface area contributed by atoms with E-state index in [4.69, 9.17) is 4.74 Å². The van der Waals surface area contributed by atoms with Crippen LogP contribution in [0.2, 0.25) is 0 Å². The van der Waals surface area contributed by atoms with Crippen LogP contribution in [0.1, 0.15) is 89.1 Å². The summed E-state index contributed by atoms with van der Waals surface area (Å²) in [6.07, 6.45) is 8.58. The molecular formula is C35H44FN5O4. The highest BCUT2D eigenvalue weighted by atomic mass is 19.1. The number of carbonyl (C=O) groups excluding carboxylic acids is 3. The molecule has 2 bridgehead atoms. The monoisotopic (exact) mass is 617 g/mol. The highest BCUT2D eigenvalue weighted by molar-refractivity contribution is 6.03. The van der Waals surface area contributed by atoms with E-state index >= 15 is 0 Å². The van der Waals surface area contributed by atoms with E-state index in [0.29, 0.717) is 30.8 Å². The number of hydrogen-bond acceptors (Lipinski definition) is 5. The fourth-order valence-electron chi connectivity index (χ4n) is 7.62. The fourth-order valence-corrected chi connectivity index (χ4v) is 7.62. The highest BCUT2D eigenvalue weighted by Gasteiger charge is 2.54. The van der Waals surface area contributed by atoms with E-state index in [1.165, 1.54) is 12.1 Å². The molecule has 4 atom stereocenters. The van der Waals surface area contributed by atoms with Crippen molar-refractivity contribution in [2.75, 3.05) is 19.6 Å². The number of benzene rings is 1. The van der Waals surface area contributed by atoms with E-state index < -0.39 is 23.6 Å². The van der Waals surface area contributed by atoms with Gasteiger partial charge in [0.1, 0.15) is 17.5 Å². The van der Waals surface area contributed by atoms with Gasteiger partial charge in [0.05, 0.1) is 23.6 Å². The lowest BCUT2D eigenvalue weighted by Gasteiger charge is -2.37. The molecule has 1 unspecified atom stereocenters. The van der Waals surface area contributed by atoms with Crippen molar-refractivity contribution in [3.05, 3.63) is 59.9 Å². The third kappa shape index (κ3) is 5.79. The molecule has 0 radical (unpaired) electrons. The molecule has 3 aromatic rings. The van der Waals surface area contributed by atoms with Crippen LogP contribution in [0.3, 0.4) is 0 Å². The predicted molar refractivity (Wildman–Crippen MR) is 169 cm³/mol.